The minimum Gasteiger partial charge on any atom is -0.431 e. The van der Waals surface area contributed by atoms with Gasteiger partial charge in [-0.25, -0.2) is 9.97 Å². The maximum atomic E-state index is 12.4. The number of likely N-dealkylation sites (tertiary alicyclic amines) is 1. The summed E-state index contributed by atoms with van der Waals surface area (Å²) in [5, 5.41) is 0.536. The lowest BCUT2D eigenvalue weighted by Gasteiger charge is -2.38. The molecule has 1 aliphatic rings. The second-order valence-corrected chi connectivity index (χ2v) is 7.30. The van der Waals surface area contributed by atoms with Gasteiger partial charge in [0.15, 0.2) is 5.58 Å². The molecule has 1 N–H and O–H groups in total. The Kier molecular flexibility index (Phi) is 3.67. The van der Waals surface area contributed by atoms with Crippen LogP contribution in [0.25, 0.3) is 22.1 Å². The normalized spacial score (nSPS) is 14.8. The molecule has 0 bridgehead atoms. The molecule has 0 spiro atoms. The van der Waals surface area contributed by atoms with Crippen molar-refractivity contribution in [3.8, 4) is 0 Å². The van der Waals surface area contributed by atoms with Gasteiger partial charge in [0.05, 0.1) is 22.7 Å². The van der Waals surface area contributed by atoms with E-state index in [1.807, 2.05) is 53.4 Å². The van der Waals surface area contributed by atoms with Crippen molar-refractivity contribution in [1.82, 2.24) is 19.9 Å². The van der Waals surface area contributed by atoms with Gasteiger partial charge in [-0.3, -0.25) is 4.79 Å². The molecule has 26 heavy (non-hydrogen) atoms. The first kappa shape index (κ1) is 15.5. The van der Waals surface area contributed by atoms with E-state index in [4.69, 9.17) is 4.42 Å². The average Bonchev–Trinajstić information content (AvgIpc) is 3.21. The molecule has 1 fully saturated rings. The third kappa shape index (κ3) is 2.74. The third-order valence-electron chi connectivity index (χ3n) is 4.62. The van der Waals surface area contributed by atoms with Gasteiger partial charge >= 0.3 is 0 Å². The van der Waals surface area contributed by atoms with Crippen molar-refractivity contribution in [2.45, 2.75) is 11.1 Å². The SMILES string of the molecule is O=C(CSc1nc2ccccc2o1)N1CC(c2nc3ccccc3[nH]2)C1. The van der Waals surface area contributed by atoms with E-state index < -0.39 is 0 Å². The smallest absolute Gasteiger partial charge is 0.257 e. The van der Waals surface area contributed by atoms with E-state index in [1.165, 1.54) is 11.8 Å². The Morgan fingerprint density at radius 3 is 2.69 bits per heavy atom. The number of para-hydroxylation sites is 4. The Morgan fingerprint density at radius 2 is 1.88 bits per heavy atom. The van der Waals surface area contributed by atoms with E-state index in [2.05, 4.69) is 15.0 Å². The zero-order valence-electron chi connectivity index (χ0n) is 13.9. The van der Waals surface area contributed by atoms with Gasteiger partial charge in [-0.2, -0.15) is 0 Å². The van der Waals surface area contributed by atoms with Gasteiger partial charge in [-0.1, -0.05) is 36.0 Å². The molecule has 4 aromatic rings. The summed E-state index contributed by atoms with van der Waals surface area (Å²) in [6.45, 7) is 1.40. The van der Waals surface area contributed by atoms with Crippen molar-refractivity contribution in [1.29, 1.82) is 0 Å². The lowest BCUT2D eigenvalue weighted by atomic mass is 10.00. The second kappa shape index (κ2) is 6.17. The number of amides is 1. The number of aromatic amines is 1. The van der Waals surface area contributed by atoms with Crippen LogP contribution in [0.5, 0.6) is 0 Å². The number of rotatable bonds is 4. The predicted octanol–water partition coefficient (Wildman–Crippen LogP) is 3.42. The highest BCUT2D eigenvalue weighted by molar-refractivity contribution is 7.99. The summed E-state index contributed by atoms with van der Waals surface area (Å²) in [7, 11) is 0. The first-order chi connectivity index (χ1) is 12.8. The average molecular weight is 364 g/mol. The number of nitrogens with zero attached hydrogens (tertiary/aromatic N) is 3. The Balaban J connectivity index is 1.18. The van der Waals surface area contributed by atoms with E-state index in [9.17, 15) is 4.79 Å². The number of hydrogen-bond acceptors (Lipinski definition) is 5. The van der Waals surface area contributed by atoms with E-state index in [-0.39, 0.29) is 11.8 Å². The molecule has 6 nitrogen and oxygen atoms in total. The second-order valence-electron chi connectivity index (χ2n) is 6.37. The van der Waals surface area contributed by atoms with Crippen LogP contribution in [0, 0.1) is 0 Å². The maximum absolute atomic E-state index is 12.4. The molecule has 2 aromatic carbocycles. The van der Waals surface area contributed by atoms with Gasteiger partial charge < -0.3 is 14.3 Å². The minimum atomic E-state index is 0.101. The number of nitrogens with one attached hydrogen (secondary N) is 1. The maximum Gasteiger partial charge on any atom is 0.257 e. The van der Waals surface area contributed by atoms with Gasteiger partial charge in [0.1, 0.15) is 11.3 Å². The van der Waals surface area contributed by atoms with Crippen LogP contribution in [-0.4, -0.2) is 44.6 Å². The third-order valence-corrected chi connectivity index (χ3v) is 5.43. The largest absolute Gasteiger partial charge is 0.431 e. The summed E-state index contributed by atoms with van der Waals surface area (Å²) >= 11 is 1.34. The standard InChI is InChI=1S/C19H16N4O2S/c24-17(11-26-19-22-15-7-3-4-8-16(15)25-19)23-9-12(10-23)18-20-13-5-1-2-6-14(13)21-18/h1-8,12H,9-11H2,(H,20,21). The first-order valence-electron chi connectivity index (χ1n) is 8.47. The predicted molar refractivity (Wildman–Crippen MR) is 100 cm³/mol. The van der Waals surface area contributed by atoms with Gasteiger partial charge in [0.2, 0.25) is 5.91 Å². The van der Waals surface area contributed by atoms with Gasteiger partial charge in [0, 0.05) is 13.1 Å². The van der Waals surface area contributed by atoms with Crippen LogP contribution in [0.15, 0.2) is 58.2 Å². The number of thioether (sulfide) groups is 1. The number of imidazole rings is 1. The van der Waals surface area contributed by atoms with Gasteiger partial charge in [-0.05, 0) is 24.3 Å². The molecule has 7 heteroatoms. The number of aromatic nitrogens is 3. The van der Waals surface area contributed by atoms with Gasteiger partial charge in [-0.15, -0.1) is 0 Å². The van der Waals surface area contributed by atoms with Crippen LogP contribution in [0.3, 0.4) is 0 Å². The van der Waals surface area contributed by atoms with Crippen LogP contribution in [0.4, 0.5) is 0 Å². The molecule has 3 heterocycles. The zero-order valence-corrected chi connectivity index (χ0v) is 14.7. The molecule has 1 amide bonds. The molecule has 5 rings (SSSR count). The molecule has 0 atom stereocenters. The Bertz CT molecular complexity index is 1030. The molecule has 130 valence electrons. The van der Waals surface area contributed by atoms with Crippen LogP contribution < -0.4 is 0 Å². The van der Waals surface area contributed by atoms with E-state index in [1.54, 1.807) is 0 Å². The fourth-order valence-corrected chi connectivity index (χ4v) is 3.89. The number of H-pyrrole nitrogens is 1. The number of carbonyl (C=O) groups is 1. The van der Waals surface area contributed by atoms with Crippen LogP contribution in [-0.2, 0) is 4.79 Å². The van der Waals surface area contributed by atoms with E-state index >= 15 is 0 Å². The summed E-state index contributed by atoms with van der Waals surface area (Å²) in [6.07, 6.45) is 0. The molecule has 0 unspecified atom stereocenters. The summed E-state index contributed by atoms with van der Waals surface area (Å²) in [4.78, 5) is 26.6. The summed E-state index contributed by atoms with van der Waals surface area (Å²) in [5.41, 5.74) is 3.57. The van der Waals surface area contributed by atoms with Crippen molar-refractivity contribution in [3.63, 3.8) is 0 Å². The van der Waals surface area contributed by atoms with E-state index in [0.717, 1.165) is 28.0 Å². The van der Waals surface area contributed by atoms with Gasteiger partial charge in [0.25, 0.3) is 5.22 Å². The van der Waals surface area contributed by atoms with Crippen molar-refractivity contribution in [2.75, 3.05) is 18.8 Å². The van der Waals surface area contributed by atoms with E-state index in [0.29, 0.717) is 24.1 Å². The Morgan fingerprint density at radius 1 is 1.12 bits per heavy atom. The molecule has 0 saturated carbocycles. The molecule has 1 aliphatic heterocycles. The molecule has 0 aliphatic carbocycles. The minimum absolute atomic E-state index is 0.101. The number of hydrogen-bond donors (Lipinski definition) is 1. The summed E-state index contributed by atoms with van der Waals surface area (Å²) in [6, 6.07) is 15.6. The number of oxazole rings is 1. The monoisotopic (exact) mass is 364 g/mol. The fraction of sp³-hybridized carbons (Fsp3) is 0.211. The molecule has 1 saturated heterocycles. The Hall–Kier alpha value is -2.80. The van der Waals surface area contributed by atoms with Crippen molar-refractivity contribution in [3.05, 3.63) is 54.4 Å². The lowest BCUT2D eigenvalue weighted by Crippen LogP contribution is -2.49. The van der Waals surface area contributed by atoms with Crippen molar-refractivity contribution in [2.24, 2.45) is 0 Å². The topological polar surface area (TPSA) is 75.0 Å². The number of fused-ring (bicyclic) bond motifs is 2. The molecule has 0 radical (unpaired) electrons. The molecular formula is C19H16N4O2S. The van der Waals surface area contributed by atoms with Crippen LogP contribution in [0.1, 0.15) is 11.7 Å². The summed E-state index contributed by atoms with van der Waals surface area (Å²) < 4.78 is 5.64. The number of carbonyl (C=O) groups excluding carboxylic acids is 1. The Labute approximate surface area is 153 Å². The fourth-order valence-electron chi connectivity index (χ4n) is 3.15. The number of benzene rings is 2. The lowest BCUT2D eigenvalue weighted by molar-refractivity contribution is -0.132. The van der Waals surface area contributed by atoms with Crippen molar-refractivity contribution >= 4 is 39.8 Å². The zero-order chi connectivity index (χ0) is 17.5. The summed E-state index contributed by atoms with van der Waals surface area (Å²) in [5.74, 6) is 1.67. The molecule has 2 aromatic heterocycles. The first-order valence-corrected chi connectivity index (χ1v) is 9.45. The van der Waals surface area contributed by atoms with Crippen molar-refractivity contribution < 1.29 is 9.21 Å². The highest BCUT2D eigenvalue weighted by Crippen LogP contribution is 2.29. The highest BCUT2D eigenvalue weighted by Gasteiger charge is 2.33. The van der Waals surface area contributed by atoms with Crippen LogP contribution >= 0.6 is 11.8 Å². The van der Waals surface area contributed by atoms with Crippen LogP contribution in [0.2, 0.25) is 0 Å². The quantitative estimate of drug-likeness (QED) is 0.562. The molecular weight excluding hydrogens is 348 g/mol. The highest BCUT2D eigenvalue weighted by atomic mass is 32.2.